The van der Waals surface area contributed by atoms with Crippen LogP contribution >= 0.6 is 27.3 Å². The molecular formula is C30H21BrN2O2S. The highest BCUT2D eigenvalue weighted by atomic mass is 79.9. The van der Waals surface area contributed by atoms with Crippen LogP contribution in [0.4, 0.5) is 0 Å². The molecule has 36 heavy (non-hydrogen) atoms. The van der Waals surface area contributed by atoms with Gasteiger partial charge < -0.3 is 4.74 Å². The summed E-state index contributed by atoms with van der Waals surface area (Å²) in [6.07, 6.45) is 9.01. The molecule has 1 aliphatic heterocycles. The van der Waals surface area contributed by atoms with E-state index in [2.05, 4.69) is 58.2 Å². The molecule has 0 spiro atoms. The molecule has 1 atom stereocenters. The Labute approximate surface area is 221 Å². The lowest BCUT2D eigenvalue weighted by Crippen LogP contribution is -2.38. The molecule has 0 bridgehead atoms. The van der Waals surface area contributed by atoms with Gasteiger partial charge in [-0.1, -0.05) is 81.7 Å². The van der Waals surface area contributed by atoms with Crippen LogP contribution in [0.3, 0.4) is 0 Å². The molecule has 0 amide bonds. The van der Waals surface area contributed by atoms with Gasteiger partial charge in [0.25, 0.3) is 5.56 Å². The quantitative estimate of drug-likeness (QED) is 0.331. The molecule has 1 aromatic heterocycles. The fourth-order valence-corrected chi connectivity index (χ4v) is 6.17. The fraction of sp³-hybridized carbons (Fsp3) is 0.133. The first-order chi connectivity index (χ1) is 17.6. The maximum atomic E-state index is 13.8. The number of hydrogen-bond acceptors (Lipinski definition) is 4. The third kappa shape index (κ3) is 4.05. The van der Waals surface area contributed by atoms with Crippen LogP contribution in [0.25, 0.3) is 11.8 Å². The number of terminal acetylenes is 1. The number of halogens is 1. The van der Waals surface area contributed by atoms with Gasteiger partial charge in [0.2, 0.25) is 0 Å². The minimum Gasteiger partial charge on any atom is -0.481 e. The summed E-state index contributed by atoms with van der Waals surface area (Å²) in [6.45, 7) is 0.224. The monoisotopic (exact) mass is 552 g/mol. The number of hydrogen-bond donors (Lipinski definition) is 0. The van der Waals surface area contributed by atoms with Crippen LogP contribution in [-0.4, -0.2) is 11.2 Å². The molecule has 0 unspecified atom stereocenters. The van der Waals surface area contributed by atoms with E-state index in [-0.39, 0.29) is 18.2 Å². The summed E-state index contributed by atoms with van der Waals surface area (Å²) in [4.78, 5) is 19.6. The van der Waals surface area contributed by atoms with Crippen molar-refractivity contribution in [2.45, 2.75) is 18.9 Å². The van der Waals surface area contributed by atoms with Crippen molar-refractivity contribution in [1.82, 2.24) is 4.57 Å². The van der Waals surface area contributed by atoms with Gasteiger partial charge in [-0.3, -0.25) is 9.36 Å². The molecule has 0 fully saturated rings. The van der Waals surface area contributed by atoms with Crippen LogP contribution in [0.1, 0.15) is 34.7 Å². The highest BCUT2D eigenvalue weighted by Gasteiger charge is 2.32. The predicted octanol–water partition coefficient (Wildman–Crippen LogP) is 5.09. The van der Waals surface area contributed by atoms with E-state index < -0.39 is 0 Å². The van der Waals surface area contributed by atoms with Crippen LogP contribution in [-0.2, 0) is 6.42 Å². The van der Waals surface area contributed by atoms with E-state index in [0.29, 0.717) is 10.3 Å². The largest absolute Gasteiger partial charge is 0.481 e. The number of ether oxygens (including phenoxy) is 1. The van der Waals surface area contributed by atoms with E-state index in [0.717, 1.165) is 38.9 Å². The van der Waals surface area contributed by atoms with Crippen LogP contribution < -0.4 is 19.6 Å². The molecule has 4 nitrogen and oxygen atoms in total. The average molecular weight is 553 g/mol. The molecule has 1 aliphatic carbocycles. The van der Waals surface area contributed by atoms with E-state index in [4.69, 9.17) is 16.2 Å². The smallest absolute Gasteiger partial charge is 0.271 e. The van der Waals surface area contributed by atoms with Gasteiger partial charge in [0.15, 0.2) is 4.80 Å². The van der Waals surface area contributed by atoms with Crippen molar-refractivity contribution < 1.29 is 4.74 Å². The molecule has 0 N–H and O–H groups in total. The summed E-state index contributed by atoms with van der Waals surface area (Å²) in [6, 6.07) is 24.1. The number of rotatable bonds is 4. The number of fused-ring (bicyclic) bond motifs is 3. The van der Waals surface area contributed by atoms with Crippen LogP contribution in [0, 0.1) is 12.3 Å². The molecule has 176 valence electrons. The van der Waals surface area contributed by atoms with Crippen molar-refractivity contribution in [1.29, 1.82) is 0 Å². The summed E-state index contributed by atoms with van der Waals surface area (Å²) in [5.74, 6) is 3.17. The van der Waals surface area contributed by atoms with Gasteiger partial charge in [0.1, 0.15) is 12.4 Å². The van der Waals surface area contributed by atoms with Gasteiger partial charge in [-0.05, 0) is 65.4 Å². The summed E-state index contributed by atoms with van der Waals surface area (Å²) in [5, 5.41) is 0. The average Bonchev–Trinajstić information content (AvgIpc) is 3.22. The minimum atomic E-state index is -0.181. The van der Waals surface area contributed by atoms with E-state index in [9.17, 15) is 4.79 Å². The summed E-state index contributed by atoms with van der Waals surface area (Å²) in [7, 11) is 0. The Bertz CT molecular complexity index is 1720. The van der Waals surface area contributed by atoms with Crippen molar-refractivity contribution in [2.75, 3.05) is 6.61 Å². The highest BCUT2D eigenvalue weighted by Crippen LogP contribution is 2.41. The maximum absolute atomic E-state index is 13.8. The number of thiazole rings is 1. The third-order valence-corrected chi connectivity index (χ3v) is 8.07. The lowest BCUT2D eigenvalue weighted by molar-refractivity contribution is 0.370. The van der Waals surface area contributed by atoms with Gasteiger partial charge in [0, 0.05) is 10.0 Å². The number of aryl methyl sites for hydroxylation is 1. The number of allylic oxidation sites excluding steroid dienone is 1. The van der Waals surface area contributed by atoms with Gasteiger partial charge in [0.05, 0.1) is 16.3 Å². The van der Waals surface area contributed by atoms with E-state index >= 15 is 0 Å². The second-order valence-electron chi connectivity index (χ2n) is 8.73. The SMILES string of the molecule is C#CCOc1ccc(/C=c2/sc3n(c2=O)[C@H](c2ccc(Br)cc2)C2=C(N=3)c3ccccc3CC2)cc1. The maximum Gasteiger partial charge on any atom is 0.271 e. The first-order valence-corrected chi connectivity index (χ1v) is 13.3. The summed E-state index contributed by atoms with van der Waals surface area (Å²) >= 11 is 4.98. The second-order valence-corrected chi connectivity index (χ2v) is 10.7. The predicted molar refractivity (Wildman–Crippen MR) is 148 cm³/mol. The van der Waals surface area contributed by atoms with Crippen molar-refractivity contribution in [3.05, 3.63) is 125 Å². The van der Waals surface area contributed by atoms with Gasteiger partial charge >= 0.3 is 0 Å². The van der Waals surface area contributed by atoms with E-state index in [1.54, 1.807) is 0 Å². The standard InChI is InChI=1S/C30H21BrN2O2S/c1-2-17-35-23-14-7-19(8-15-23)18-26-29(34)33-28(21-9-12-22(31)13-10-21)25-16-11-20-5-3-4-6-24(20)27(25)32-30(33)36-26/h1,3-10,12-15,18,28H,11,16-17H2/b26-18+/t28-/m1/s1. The first-order valence-electron chi connectivity index (χ1n) is 11.7. The van der Waals surface area contributed by atoms with Crippen molar-refractivity contribution in [3.8, 4) is 18.1 Å². The van der Waals surface area contributed by atoms with Crippen LogP contribution in [0.2, 0.25) is 0 Å². The second kappa shape index (κ2) is 9.42. The number of benzene rings is 3. The number of nitrogens with zero attached hydrogens (tertiary/aromatic N) is 2. The van der Waals surface area contributed by atoms with Crippen LogP contribution in [0.15, 0.2) is 92.6 Å². The zero-order valence-corrected chi connectivity index (χ0v) is 21.7. The third-order valence-electron chi connectivity index (χ3n) is 6.56. The molecule has 0 saturated carbocycles. The molecule has 2 aliphatic rings. The molecular weight excluding hydrogens is 532 g/mol. The Balaban J connectivity index is 1.52. The van der Waals surface area contributed by atoms with Crippen molar-refractivity contribution in [3.63, 3.8) is 0 Å². The molecule has 6 heteroatoms. The highest BCUT2D eigenvalue weighted by molar-refractivity contribution is 9.10. The Morgan fingerprint density at radius 2 is 1.86 bits per heavy atom. The molecule has 2 heterocycles. The first kappa shape index (κ1) is 22.8. The molecule has 0 radical (unpaired) electrons. The zero-order chi connectivity index (χ0) is 24.6. The Morgan fingerprint density at radius 1 is 1.08 bits per heavy atom. The Morgan fingerprint density at radius 3 is 2.64 bits per heavy atom. The van der Waals surface area contributed by atoms with Crippen molar-refractivity contribution >= 4 is 39.0 Å². The van der Waals surface area contributed by atoms with Gasteiger partial charge in [-0.2, -0.15) is 0 Å². The normalized spacial score (nSPS) is 16.4. The lowest BCUT2D eigenvalue weighted by Gasteiger charge is -2.30. The van der Waals surface area contributed by atoms with Gasteiger partial charge in [-0.15, -0.1) is 6.42 Å². The van der Waals surface area contributed by atoms with Gasteiger partial charge in [-0.25, -0.2) is 4.99 Å². The molecule has 6 rings (SSSR count). The zero-order valence-electron chi connectivity index (χ0n) is 19.3. The van der Waals surface area contributed by atoms with E-state index in [1.807, 2.05) is 47.0 Å². The fourth-order valence-electron chi connectivity index (χ4n) is 4.90. The van der Waals surface area contributed by atoms with E-state index in [1.165, 1.54) is 28.0 Å². The Hall–Kier alpha value is -3.66. The summed E-state index contributed by atoms with van der Waals surface area (Å²) < 4.78 is 9.00. The molecule has 3 aromatic carbocycles. The number of aromatic nitrogens is 1. The Kier molecular flexibility index (Phi) is 5.96. The minimum absolute atomic E-state index is 0.0234. The van der Waals surface area contributed by atoms with Crippen LogP contribution in [0.5, 0.6) is 5.75 Å². The lowest BCUT2D eigenvalue weighted by atomic mass is 9.83. The van der Waals surface area contributed by atoms with Crippen molar-refractivity contribution in [2.24, 2.45) is 4.99 Å². The topological polar surface area (TPSA) is 43.6 Å². The molecule has 0 saturated heterocycles. The summed E-state index contributed by atoms with van der Waals surface area (Å²) in [5.41, 5.74) is 6.66. The molecule has 4 aromatic rings.